The van der Waals surface area contributed by atoms with E-state index in [1.165, 1.54) is 37.7 Å². The first kappa shape index (κ1) is 16.0. The number of carbonyl (C=O) groups excluding carboxylic acids is 1. The summed E-state index contributed by atoms with van der Waals surface area (Å²) in [6.07, 6.45) is 7.25. The molecule has 1 saturated carbocycles. The van der Waals surface area contributed by atoms with Crippen LogP contribution in [0.1, 0.15) is 49.1 Å². The highest BCUT2D eigenvalue weighted by Gasteiger charge is 2.15. The first-order valence-corrected chi connectivity index (χ1v) is 8.15. The van der Waals surface area contributed by atoms with Gasteiger partial charge in [0.25, 0.3) is 0 Å². The summed E-state index contributed by atoms with van der Waals surface area (Å²) in [5.74, 6) is 0.851. The van der Waals surface area contributed by atoms with E-state index >= 15 is 0 Å². The Balaban J connectivity index is 1.80. The van der Waals surface area contributed by atoms with E-state index in [4.69, 9.17) is 0 Å². The van der Waals surface area contributed by atoms with Gasteiger partial charge < -0.3 is 10.2 Å². The van der Waals surface area contributed by atoms with Crippen molar-refractivity contribution < 1.29 is 4.79 Å². The predicted octanol–water partition coefficient (Wildman–Crippen LogP) is 2.95. The van der Waals surface area contributed by atoms with Gasteiger partial charge in [0.1, 0.15) is 0 Å². The number of nitrogens with zero attached hydrogens (tertiary/aromatic N) is 1. The van der Waals surface area contributed by atoms with Gasteiger partial charge in [-0.2, -0.15) is 0 Å². The lowest BCUT2D eigenvalue weighted by Gasteiger charge is -2.22. The van der Waals surface area contributed by atoms with Gasteiger partial charge >= 0.3 is 0 Å². The molecule has 1 aromatic carbocycles. The van der Waals surface area contributed by atoms with E-state index in [1.54, 1.807) is 0 Å². The smallest absolute Gasteiger partial charge is 0.224 e. The zero-order chi connectivity index (χ0) is 15.1. The quantitative estimate of drug-likeness (QED) is 0.873. The minimum absolute atomic E-state index is 0.113. The highest BCUT2D eigenvalue weighted by molar-refractivity contribution is 5.78. The van der Waals surface area contributed by atoms with Gasteiger partial charge in [0.05, 0.1) is 6.42 Å². The molecule has 2 rings (SSSR count). The second kappa shape index (κ2) is 8.18. The predicted molar refractivity (Wildman–Crippen MR) is 87.5 cm³/mol. The van der Waals surface area contributed by atoms with Crippen LogP contribution in [-0.2, 0) is 11.2 Å². The summed E-state index contributed by atoms with van der Waals surface area (Å²) >= 11 is 0. The average molecular weight is 288 g/mol. The van der Waals surface area contributed by atoms with Gasteiger partial charge in [-0.1, -0.05) is 43.5 Å². The number of rotatable bonds is 6. The van der Waals surface area contributed by atoms with Crippen molar-refractivity contribution in [1.29, 1.82) is 0 Å². The van der Waals surface area contributed by atoms with Crippen LogP contribution < -0.4 is 5.32 Å². The molecule has 0 spiro atoms. The number of benzene rings is 1. The number of hydrogen-bond donors (Lipinski definition) is 1. The minimum Gasteiger partial charge on any atom is -0.355 e. The molecule has 0 aromatic heterocycles. The molecule has 21 heavy (non-hydrogen) atoms. The monoisotopic (exact) mass is 288 g/mol. The second-order valence-corrected chi connectivity index (χ2v) is 6.41. The lowest BCUT2D eigenvalue weighted by molar-refractivity contribution is -0.120. The summed E-state index contributed by atoms with van der Waals surface area (Å²) in [6, 6.07) is 8.68. The first-order chi connectivity index (χ1) is 10.1. The number of hydrogen-bond acceptors (Lipinski definition) is 2. The Morgan fingerprint density at radius 1 is 1.14 bits per heavy atom. The minimum atomic E-state index is 0.113. The molecule has 1 aliphatic carbocycles. The van der Waals surface area contributed by atoms with Crippen LogP contribution in [-0.4, -0.2) is 38.0 Å². The molecular formula is C18H28N2O. The molecule has 1 amide bonds. The molecule has 0 heterocycles. The highest BCUT2D eigenvalue weighted by Crippen LogP contribution is 2.32. The molecule has 116 valence electrons. The molecule has 1 aromatic rings. The SMILES string of the molecule is CN(C)CCNC(=O)Cc1ccc(C2CCCCC2)cc1. The Kier molecular flexibility index (Phi) is 6.24. The summed E-state index contributed by atoms with van der Waals surface area (Å²) in [4.78, 5) is 13.9. The molecule has 1 fully saturated rings. The first-order valence-electron chi connectivity index (χ1n) is 8.15. The normalized spacial score (nSPS) is 16.1. The Morgan fingerprint density at radius 3 is 2.43 bits per heavy atom. The van der Waals surface area contributed by atoms with Crippen molar-refractivity contribution in [2.75, 3.05) is 27.2 Å². The molecule has 0 atom stereocenters. The maximum atomic E-state index is 11.9. The van der Waals surface area contributed by atoms with Crippen LogP contribution in [0.4, 0.5) is 0 Å². The lowest BCUT2D eigenvalue weighted by Crippen LogP contribution is -2.32. The molecular weight excluding hydrogens is 260 g/mol. The van der Waals surface area contributed by atoms with Crippen LogP contribution in [0.5, 0.6) is 0 Å². The van der Waals surface area contributed by atoms with Crippen molar-refractivity contribution in [1.82, 2.24) is 10.2 Å². The largest absolute Gasteiger partial charge is 0.355 e. The van der Waals surface area contributed by atoms with E-state index in [0.717, 1.165) is 18.0 Å². The van der Waals surface area contributed by atoms with E-state index in [2.05, 4.69) is 34.5 Å². The summed E-state index contributed by atoms with van der Waals surface area (Å²) in [6.45, 7) is 1.60. The van der Waals surface area contributed by atoms with Gasteiger partial charge in [0.15, 0.2) is 0 Å². The number of likely N-dealkylation sites (N-methyl/N-ethyl adjacent to an activating group) is 1. The van der Waals surface area contributed by atoms with Gasteiger partial charge in [0, 0.05) is 13.1 Å². The Bertz CT molecular complexity index is 433. The zero-order valence-electron chi connectivity index (χ0n) is 13.4. The molecule has 0 unspecified atom stereocenters. The van der Waals surface area contributed by atoms with Crippen molar-refractivity contribution in [2.24, 2.45) is 0 Å². The Labute approximate surface area is 128 Å². The molecule has 3 heteroatoms. The third-order valence-corrected chi connectivity index (χ3v) is 4.30. The van der Waals surface area contributed by atoms with Crippen molar-refractivity contribution in [3.63, 3.8) is 0 Å². The third kappa shape index (κ3) is 5.50. The Hall–Kier alpha value is -1.35. The summed E-state index contributed by atoms with van der Waals surface area (Å²) in [5, 5.41) is 2.96. The number of carbonyl (C=O) groups is 1. The maximum Gasteiger partial charge on any atom is 0.224 e. The lowest BCUT2D eigenvalue weighted by atomic mass is 9.84. The van der Waals surface area contributed by atoms with Crippen molar-refractivity contribution in [3.05, 3.63) is 35.4 Å². The third-order valence-electron chi connectivity index (χ3n) is 4.30. The maximum absolute atomic E-state index is 11.9. The van der Waals surface area contributed by atoms with Crippen LogP contribution in [0.3, 0.4) is 0 Å². The van der Waals surface area contributed by atoms with Gasteiger partial charge in [-0.25, -0.2) is 0 Å². The molecule has 1 aliphatic rings. The highest BCUT2D eigenvalue weighted by atomic mass is 16.1. The van der Waals surface area contributed by atoms with Crippen LogP contribution >= 0.6 is 0 Å². The van der Waals surface area contributed by atoms with Gasteiger partial charge in [-0.05, 0) is 44.0 Å². The average Bonchev–Trinajstić information content (AvgIpc) is 2.48. The Morgan fingerprint density at radius 2 is 1.81 bits per heavy atom. The van der Waals surface area contributed by atoms with Crippen LogP contribution in [0, 0.1) is 0 Å². The van der Waals surface area contributed by atoms with E-state index in [1.807, 2.05) is 14.1 Å². The van der Waals surface area contributed by atoms with Crippen LogP contribution in [0.2, 0.25) is 0 Å². The van der Waals surface area contributed by atoms with Crippen molar-refractivity contribution in [3.8, 4) is 0 Å². The van der Waals surface area contributed by atoms with E-state index in [0.29, 0.717) is 13.0 Å². The van der Waals surface area contributed by atoms with Gasteiger partial charge in [0.2, 0.25) is 5.91 Å². The molecule has 0 saturated heterocycles. The zero-order valence-corrected chi connectivity index (χ0v) is 13.4. The van der Waals surface area contributed by atoms with E-state index in [-0.39, 0.29) is 5.91 Å². The van der Waals surface area contributed by atoms with Crippen LogP contribution in [0.15, 0.2) is 24.3 Å². The fourth-order valence-corrected chi connectivity index (χ4v) is 3.01. The summed E-state index contributed by atoms with van der Waals surface area (Å²) in [7, 11) is 4.02. The number of nitrogens with one attached hydrogen (secondary N) is 1. The molecule has 0 radical (unpaired) electrons. The van der Waals surface area contributed by atoms with E-state index < -0.39 is 0 Å². The topological polar surface area (TPSA) is 32.3 Å². The van der Waals surface area contributed by atoms with E-state index in [9.17, 15) is 4.79 Å². The van der Waals surface area contributed by atoms with Crippen molar-refractivity contribution >= 4 is 5.91 Å². The second-order valence-electron chi connectivity index (χ2n) is 6.41. The number of amides is 1. The standard InChI is InChI=1S/C18H28N2O/c1-20(2)13-12-19-18(21)14-15-8-10-17(11-9-15)16-6-4-3-5-7-16/h8-11,16H,3-7,12-14H2,1-2H3,(H,19,21). The van der Waals surface area contributed by atoms with Gasteiger partial charge in [-0.3, -0.25) is 4.79 Å². The molecule has 0 aliphatic heterocycles. The molecule has 3 nitrogen and oxygen atoms in total. The van der Waals surface area contributed by atoms with Crippen molar-refractivity contribution in [2.45, 2.75) is 44.4 Å². The summed E-state index contributed by atoms with van der Waals surface area (Å²) < 4.78 is 0. The van der Waals surface area contributed by atoms with Crippen LogP contribution in [0.25, 0.3) is 0 Å². The molecule has 0 bridgehead atoms. The summed E-state index contributed by atoms with van der Waals surface area (Å²) in [5.41, 5.74) is 2.56. The molecule has 1 N–H and O–H groups in total. The van der Waals surface area contributed by atoms with Gasteiger partial charge in [-0.15, -0.1) is 0 Å². The fraction of sp³-hybridized carbons (Fsp3) is 0.611. The fourth-order valence-electron chi connectivity index (χ4n) is 3.01.